The van der Waals surface area contributed by atoms with E-state index in [1.54, 1.807) is 25.1 Å². The van der Waals surface area contributed by atoms with Crippen LogP contribution in [0.1, 0.15) is 74.8 Å². The Balaban J connectivity index is 1.48. The van der Waals surface area contributed by atoms with E-state index in [2.05, 4.69) is 10.5 Å². The maximum Gasteiger partial charge on any atom is 0.248 e. The van der Waals surface area contributed by atoms with Gasteiger partial charge in [-0.15, -0.1) is 0 Å². The highest BCUT2D eigenvalue weighted by Crippen LogP contribution is 2.30. The van der Waals surface area contributed by atoms with Crippen molar-refractivity contribution in [3.8, 4) is 0 Å². The molecule has 2 aromatic rings. The van der Waals surface area contributed by atoms with E-state index in [4.69, 9.17) is 4.52 Å². The standard InChI is InChI=1S/C26H34FN3O4S/c1-19-25(24(34-29-19)16-15-20-10-7-8-14-23(20)27)35(32,33)30-17-9-11-21(18-30)26(31)28-22-12-5-3-2-4-6-13-22/h7-8,10,14-16,21-22H,2-6,9,11-13,17-18H2,1H3,(H,28,31)/b16-15+/t21-/m1/s1. The summed E-state index contributed by atoms with van der Waals surface area (Å²) in [5, 5.41) is 7.05. The lowest BCUT2D eigenvalue weighted by atomic mass is 9.94. The second-order valence-corrected chi connectivity index (χ2v) is 11.4. The molecule has 190 valence electrons. The maximum absolute atomic E-state index is 14.0. The third kappa shape index (κ3) is 6.19. The van der Waals surface area contributed by atoms with Gasteiger partial charge in [-0.2, -0.15) is 4.31 Å². The van der Waals surface area contributed by atoms with Gasteiger partial charge in [0, 0.05) is 24.7 Å². The van der Waals surface area contributed by atoms with Crippen molar-refractivity contribution < 1.29 is 22.1 Å². The molecule has 1 aromatic heterocycles. The number of nitrogens with zero attached hydrogens (tertiary/aromatic N) is 2. The van der Waals surface area contributed by atoms with Crippen molar-refractivity contribution in [1.82, 2.24) is 14.8 Å². The number of sulfonamides is 1. The largest absolute Gasteiger partial charge is 0.355 e. The van der Waals surface area contributed by atoms with Crippen molar-refractivity contribution in [1.29, 1.82) is 0 Å². The highest BCUT2D eigenvalue weighted by molar-refractivity contribution is 7.89. The molecule has 1 aliphatic heterocycles. The lowest BCUT2D eigenvalue weighted by Gasteiger charge is -2.32. The Kier molecular flexibility index (Phi) is 8.38. The minimum atomic E-state index is -3.95. The van der Waals surface area contributed by atoms with Gasteiger partial charge in [-0.05, 0) is 50.8 Å². The zero-order valence-corrected chi connectivity index (χ0v) is 21.0. The maximum atomic E-state index is 14.0. The van der Waals surface area contributed by atoms with Gasteiger partial charge in [0.25, 0.3) is 0 Å². The van der Waals surface area contributed by atoms with Gasteiger partial charge >= 0.3 is 0 Å². The summed E-state index contributed by atoms with van der Waals surface area (Å²) in [5.74, 6) is -0.816. The molecule has 1 aliphatic carbocycles. The molecule has 4 rings (SSSR count). The highest BCUT2D eigenvalue weighted by atomic mass is 32.2. The Morgan fingerprint density at radius 2 is 1.80 bits per heavy atom. The Morgan fingerprint density at radius 1 is 1.09 bits per heavy atom. The van der Waals surface area contributed by atoms with Crippen molar-refractivity contribution in [3.05, 3.63) is 47.1 Å². The number of halogens is 1. The summed E-state index contributed by atoms with van der Waals surface area (Å²) in [5.41, 5.74) is 0.549. The molecule has 35 heavy (non-hydrogen) atoms. The van der Waals surface area contributed by atoms with E-state index < -0.39 is 15.8 Å². The van der Waals surface area contributed by atoms with Crippen LogP contribution in [0.5, 0.6) is 0 Å². The number of aryl methyl sites for hydroxylation is 1. The lowest BCUT2D eigenvalue weighted by Crippen LogP contribution is -2.47. The average Bonchev–Trinajstić information content (AvgIpc) is 3.21. The van der Waals surface area contributed by atoms with Gasteiger partial charge in [0.15, 0.2) is 10.7 Å². The molecular formula is C26H34FN3O4S. The van der Waals surface area contributed by atoms with Crippen molar-refractivity contribution in [2.75, 3.05) is 13.1 Å². The summed E-state index contributed by atoms with van der Waals surface area (Å²) in [6.07, 6.45) is 12.0. The first-order valence-corrected chi connectivity index (χ1v) is 14.0. The molecule has 1 saturated heterocycles. The summed E-state index contributed by atoms with van der Waals surface area (Å²) in [6.45, 7) is 2.03. The Labute approximate surface area is 206 Å². The van der Waals surface area contributed by atoms with Crippen molar-refractivity contribution in [2.24, 2.45) is 5.92 Å². The number of carbonyl (C=O) groups is 1. The fraction of sp³-hybridized carbons (Fsp3) is 0.538. The van der Waals surface area contributed by atoms with Gasteiger partial charge in [0.1, 0.15) is 11.5 Å². The third-order valence-corrected chi connectivity index (χ3v) is 8.98. The molecule has 0 bridgehead atoms. The fourth-order valence-electron chi connectivity index (χ4n) is 5.00. The molecule has 2 aliphatic rings. The number of carbonyl (C=O) groups excluding carboxylic acids is 1. The van der Waals surface area contributed by atoms with Crippen molar-refractivity contribution >= 4 is 28.1 Å². The van der Waals surface area contributed by atoms with Gasteiger partial charge in [0.05, 0.1) is 5.92 Å². The van der Waals surface area contributed by atoms with Gasteiger partial charge in [-0.25, -0.2) is 12.8 Å². The van der Waals surface area contributed by atoms with Crippen LogP contribution in [0.3, 0.4) is 0 Å². The Morgan fingerprint density at radius 3 is 2.54 bits per heavy atom. The third-order valence-electron chi connectivity index (χ3n) is 6.96. The molecule has 0 spiro atoms. The van der Waals surface area contributed by atoms with E-state index in [9.17, 15) is 17.6 Å². The van der Waals surface area contributed by atoms with E-state index in [1.807, 2.05) is 0 Å². The first-order chi connectivity index (χ1) is 16.9. The van der Waals surface area contributed by atoms with Gasteiger partial charge in [-0.1, -0.05) is 55.5 Å². The number of aromatic nitrogens is 1. The zero-order chi connectivity index (χ0) is 24.8. The monoisotopic (exact) mass is 503 g/mol. The van der Waals surface area contributed by atoms with E-state index in [0.717, 1.165) is 25.7 Å². The second kappa shape index (κ2) is 11.5. The minimum Gasteiger partial charge on any atom is -0.355 e. The second-order valence-electron chi connectivity index (χ2n) is 9.57. The number of amides is 1. The molecule has 0 unspecified atom stereocenters. The topological polar surface area (TPSA) is 92.5 Å². The number of piperidine rings is 1. The average molecular weight is 504 g/mol. The first kappa shape index (κ1) is 25.6. The molecule has 1 aromatic carbocycles. The number of hydrogen-bond acceptors (Lipinski definition) is 5. The van der Waals surface area contributed by atoms with Crippen LogP contribution in [0.25, 0.3) is 12.2 Å². The van der Waals surface area contributed by atoms with E-state index >= 15 is 0 Å². The quantitative estimate of drug-likeness (QED) is 0.604. The van der Waals surface area contributed by atoms with Crippen LogP contribution in [0.4, 0.5) is 4.39 Å². The molecular weight excluding hydrogens is 469 g/mol. The summed E-state index contributed by atoms with van der Waals surface area (Å²) in [7, 11) is -3.95. The minimum absolute atomic E-state index is 0.0360. The molecule has 1 atom stereocenters. The molecule has 1 N–H and O–H groups in total. The zero-order valence-electron chi connectivity index (χ0n) is 20.2. The normalized spacial score (nSPS) is 21.0. The summed E-state index contributed by atoms with van der Waals surface area (Å²) < 4.78 is 47.8. The van der Waals surface area contributed by atoms with Crippen LogP contribution in [-0.2, 0) is 14.8 Å². The fourth-order valence-corrected chi connectivity index (χ4v) is 6.77. The SMILES string of the molecule is Cc1noc(/C=C/c2ccccc2F)c1S(=O)(=O)N1CCC[C@@H](C(=O)NC2CCCCCCC2)C1. The number of rotatable bonds is 6. The van der Waals surface area contributed by atoms with E-state index in [1.165, 1.54) is 41.8 Å². The smallest absolute Gasteiger partial charge is 0.248 e. The van der Waals surface area contributed by atoms with Gasteiger partial charge < -0.3 is 9.84 Å². The Hall–Kier alpha value is -2.52. The molecule has 7 nitrogen and oxygen atoms in total. The first-order valence-electron chi connectivity index (χ1n) is 12.6. The summed E-state index contributed by atoms with van der Waals surface area (Å²) in [4.78, 5) is 13.0. The lowest BCUT2D eigenvalue weighted by molar-refractivity contribution is -0.126. The molecule has 9 heteroatoms. The molecule has 2 fully saturated rings. The van der Waals surface area contributed by atoms with Crippen LogP contribution >= 0.6 is 0 Å². The van der Waals surface area contributed by atoms with Crippen LogP contribution in [0, 0.1) is 18.7 Å². The van der Waals surface area contributed by atoms with E-state index in [-0.39, 0.29) is 40.8 Å². The Bertz CT molecular complexity index is 1150. The van der Waals surface area contributed by atoms with Gasteiger partial charge in [-0.3, -0.25) is 4.79 Å². The van der Waals surface area contributed by atoms with Crippen LogP contribution < -0.4 is 5.32 Å². The van der Waals surface area contributed by atoms with Crippen molar-refractivity contribution in [3.63, 3.8) is 0 Å². The predicted octanol–water partition coefficient (Wildman–Crippen LogP) is 4.92. The molecule has 2 heterocycles. The summed E-state index contributed by atoms with van der Waals surface area (Å²) in [6, 6.07) is 6.37. The number of benzene rings is 1. The van der Waals surface area contributed by atoms with Crippen LogP contribution in [0.2, 0.25) is 0 Å². The van der Waals surface area contributed by atoms with Crippen molar-refractivity contribution in [2.45, 2.75) is 75.6 Å². The van der Waals surface area contributed by atoms with Crippen LogP contribution in [-0.4, -0.2) is 42.9 Å². The van der Waals surface area contributed by atoms with Crippen LogP contribution in [0.15, 0.2) is 33.7 Å². The predicted molar refractivity (Wildman–Crippen MR) is 132 cm³/mol. The van der Waals surface area contributed by atoms with E-state index in [0.29, 0.717) is 24.9 Å². The molecule has 1 saturated carbocycles. The number of hydrogen-bond donors (Lipinski definition) is 1. The molecule has 0 radical (unpaired) electrons. The molecule has 1 amide bonds. The van der Waals surface area contributed by atoms with Gasteiger partial charge in [0.2, 0.25) is 15.9 Å². The summed E-state index contributed by atoms with van der Waals surface area (Å²) >= 11 is 0. The highest BCUT2D eigenvalue weighted by Gasteiger charge is 2.37. The number of nitrogens with one attached hydrogen (secondary N) is 1.